The first-order valence-electron chi connectivity index (χ1n) is 4.23. The van der Waals surface area contributed by atoms with Crippen molar-refractivity contribution in [1.82, 2.24) is 20.2 Å². The summed E-state index contributed by atoms with van der Waals surface area (Å²) < 4.78 is 0. The monoisotopic (exact) mass is 176 g/mol. The summed E-state index contributed by atoms with van der Waals surface area (Å²) in [5.41, 5.74) is 1.87. The molecule has 0 saturated heterocycles. The summed E-state index contributed by atoms with van der Waals surface area (Å²) in [6, 6.07) is 0. The van der Waals surface area contributed by atoms with Crippen LogP contribution in [0.3, 0.4) is 0 Å². The van der Waals surface area contributed by atoms with Crippen LogP contribution in [0.2, 0.25) is 0 Å². The first-order valence-corrected chi connectivity index (χ1v) is 4.23. The second-order valence-corrected chi connectivity index (χ2v) is 4.10. The van der Waals surface area contributed by atoms with E-state index in [1.165, 1.54) is 0 Å². The molecule has 2 aromatic heterocycles. The molecule has 0 aliphatic carbocycles. The summed E-state index contributed by atoms with van der Waals surface area (Å²) in [6.45, 7) is 6.38. The number of H-pyrrole nitrogens is 1. The molecule has 0 unspecified atom stereocenters. The van der Waals surface area contributed by atoms with Crippen molar-refractivity contribution in [3.05, 3.63) is 18.2 Å². The number of hydrogen-bond acceptors (Lipinski definition) is 3. The zero-order valence-corrected chi connectivity index (χ0v) is 8.00. The highest BCUT2D eigenvalue weighted by Gasteiger charge is 2.19. The lowest BCUT2D eigenvalue weighted by Crippen LogP contribution is -2.13. The standard InChI is InChI=1S/C9H12N4/c1-9(2,3)7-6-4-12-13-8(6)11-5-10-7/h4-5H,1-3H3,(H,10,11,12,13). The van der Waals surface area contributed by atoms with Crippen molar-refractivity contribution in [3.8, 4) is 0 Å². The Kier molecular flexibility index (Phi) is 1.58. The summed E-state index contributed by atoms with van der Waals surface area (Å²) in [5, 5.41) is 7.79. The molecule has 2 aromatic rings. The summed E-state index contributed by atoms with van der Waals surface area (Å²) >= 11 is 0. The Hall–Kier alpha value is -1.45. The molecule has 1 N–H and O–H groups in total. The lowest BCUT2D eigenvalue weighted by Gasteiger charge is -2.17. The molecule has 2 heterocycles. The average molecular weight is 176 g/mol. The minimum Gasteiger partial charge on any atom is -0.261 e. The summed E-state index contributed by atoms with van der Waals surface area (Å²) in [4.78, 5) is 8.37. The SMILES string of the molecule is CC(C)(C)c1ncnc2[nH]ncc12. The molecule has 4 nitrogen and oxygen atoms in total. The topological polar surface area (TPSA) is 54.5 Å². The van der Waals surface area contributed by atoms with Gasteiger partial charge in [-0.25, -0.2) is 9.97 Å². The third-order valence-electron chi connectivity index (χ3n) is 1.96. The first kappa shape index (κ1) is 8.16. The fourth-order valence-corrected chi connectivity index (χ4v) is 1.36. The fourth-order valence-electron chi connectivity index (χ4n) is 1.36. The second-order valence-electron chi connectivity index (χ2n) is 4.10. The lowest BCUT2D eigenvalue weighted by molar-refractivity contribution is 0.574. The van der Waals surface area contributed by atoms with E-state index in [0.29, 0.717) is 0 Å². The van der Waals surface area contributed by atoms with Gasteiger partial charge >= 0.3 is 0 Å². The normalized spacial score (nSPS) is 12.2. The van der Waals surface area contributed by atoms with Crippen LogP contribution in [0.15, 0.2) is 12.5 Å². The van der Waals surface area contributed by atoms with Crippen LogP contribution < -0.4 is 0 Å². The van der Waals surface area contributed by atoms with Crippen LogP contribution in [0.1, 0.15) is 26.5 Å². The maximum Gasteiger partial charge on any atom is 0.158 e. The molecule has 13 heavy (non-hydrogen) atoms. The second kappa shape index (κ2) is 2.52. The van der Waals surface area contributed by atoms with Crippen LogP contribution in [0, 0.1) is 0 Å². The van der Waals surface area contributed by atoms with Gasteiger partial charge < -0.3 is 0 Å². The Bertz CT molecular complexity index is 424. The third kappa shape index (κ3) is 1.28. The van der Waals surface area contributed by atoms with Gasteiger partial charge in [-0.05, 0) is 0 Å². The molecule has 0 saturated carbocycles. The van der Waals surface area contributed by atoms with E-state index in [1.54, 1.807) is 12.5 Å². The quantitative estimate of drug-likeness (QED) is 0.664. The van der Waals surface area contributed by atoms with Crippen LogP contribution in [-0.4, -0.2) is 20.2 Å². The highest BCUT2D eigenvalue weighted by Crippen LogP contribution is 2.25. The van der Waals surface area contributed by atoms with Crippen LogP contribution in [-0.2, 0) is 5.41 Å². The van der Waals surface area contributed by atoms with E-state index in [0.717, 1.165) is 16.7 Å². The molecule has 0 fully saturated rings. The minimum absolute atomic E-state index is 0.0328. The number of nitrogens with one attached hydrogen (secondary N) is 1. The fraction of sp³-hybridized carbons (Fsp3) is 0.444. The lowest BCUT2D eigenvalue weighted by atomic mass is 9.90. The third-order valence-corrected chi connectivity index (χ3v) is 1.96. The molecule has 68 valence electrons. The van der Waals surface area contributed by atoms with Crippen molar-refractivity contribution in [3.63, 3.8) is 0 Å². The zero-order valence-electron chi connectivity index (χ0n) is 8.00. The van der Waals surface area contributed by atoms with Gasteiger partial charge in [-0.2, -0.15) is 5.10 Å². The van der Waals surface area contributed by atoms with Crippen LogP contribution in [0.25, 0.3) is 11.0 Å². The number of aromatic amines is 1. The Morgan fingerprint density at radius 1 is 1.23 bits per heavy atom. The molecule has 0 atom stereocenters. The van der Waals surface area contributed by atoms with Crippen LogP contribution in [0.4, 0.5) is 0 Å². The molecule has 0 aliphatic heterocycles. The number of fused-ring (bicyclic) bond motifs is 1. The molecular weight excluding hydrogens is 164 g/mol. The van der Waals surface area contributed by atoms with Crippen molar-refractivity contribution in [1.29, 1.82) is 0 Å². The van der Waals surface area contributed by atoms with Gasteiger partial charge in [0.1, 0.15) is 6.33 Å². The molecule has 0 radical (unpaired) electrons. The van der Waals surface area contributed by atoms with Gasteiger partial charge in [0.15, 0.2) is 5.65 Å². The molecule has 0 spiro atoms. The van der Waals surface area contributed by atoms with Crippen molar-refractivity contribution in [2.75, 3.05) is 0 Å². The summed E-state index contributed by atoms with van der Waals surface area (Å²) in [6.07, 6.45) is 3.34. The van der Waals surface area contributed by atoms with Crippen molar-refractivity contribution in [2.45, 2.75) is 26.2 Å². The van der Waals surface area contributed by atoms with Gasteiger partial charge in [-0.15, -0.1) is 0 Å². The van der Waals surface area contributed by atoms with Crippen LogP contribution >= 0.6 is 0 Å². The summed E-state index contributed by atoms with van der Waals surface area (Å²) in [5.74, 6) is 0. The number of aromatic nitrogens is 4. The molecule has 0 amide bonds. The van der Waals surface area contributed by atoms with Crippen molar-refractivity contribution < 1.29 is 0 Å². The van der Waals surface area contributed by atoms with E-state index in [2.05, 4.69) is 40.9 Å². The van der Waals surface area contributed by atoms with Crippen molar-refractivity contribution in [2.24, 2.45) is 0 Å². The minimum atomic E-state index is 0.0328. The van der Waals surface area contributed by atoms with Gasteiger partial charge in [0, 0.05) is 5.41 Å². The Labute approximate surface area is 76.4 Å². The predicted octanol–water partition coefficient (Wildman–Crippen LogP) is 1.65. The number of nitrogens with zero attached hydrogens (tertiary/aromatic N) is 3. The highest BCUT2D eigenvalue weighted by molar-refractivity contribution is 5.77. The Morgan fingerprint density at radius 3 is 2.69 bits per heavy atom. The van der Waals surface area contributed by atoms with Gasteiger partial charge in [-0.1, -0.05) is 20.8 Å². The maximum atomic E-state index is 4.28. The van der Waals surface area contributed by atoms with Crippen LogP contribution in [0.5, 0.6) is 0 Å². The van der Waals surface area contributed by atoms with E-state index in [4.69, 9.17) is 0 Å². The van der Waals surface area contributed by atoms with E-state index in [-0.39, 0.29) is 5.41 Å². The predicted molar refractivity (Wildman–Crippen MR) is 50.4 cm³/mol. The van der Waals surface area contributed by atoms with Gasteiger partial charge in [0.2, 0.25) is 0 Å². The smallest absolute Gasteiger partial charge is 0.158 e. The number of rotatable bonds is 0. The van der Waals surface area contributed by atoms with E-state index in [1.807, 2.05) is 0 Å². The molecule has 2 rings (SSSR count). The van der Waals surface area contributed by atoms with Gasteiger partial charge in [0.05, 0.1) is 17.3 Å². The molecule has 0 bridgehead atoms. The zero-order chi connectivity index (χ0) is 9.47. The average Bonchev–Trinajstić information content (AvgIpc) is 2.48. The highest BCUT2D eigenvalue weighted by atomic mass is 15.1. The van der Waals surface area contributed by atoms with Crippen molar-refractivity contribution >= 4 is 11.0 Å². The van der Waals surface area contributed by atoms with Gasteiger partial charge in [-0.3, -0.25) is 5.10 Å². The Morgan fingerprint density at radius 2 is 2.00 bits per heavy atom. The molecule has 0 aliphatic rings. The van der Waals surface area contributed by atoms with E-state index >= 15 is 0 Å². The summed E-state index contributed by atoms with van der Waals surface area (Å²) in [7, 11) is 0. The first-order chi connectivity index (χ1) is 6.09. The molecular formula is C9H12N4. The Balaban J connectivity index is 2.75. The molecule has 4 heteroatoms. The van der Waals surface area contributed by atoms with E-state index in [9.17, 15) is 0 Å². The maximum absolute atomic E-state index is 4.28. The molecule has 0 aromatic carbocycles. The van der Waals surface area contributed by atoms with Gasteiger partial charge in [0.25, 0.3) is 0 Å². The largest absolute Gasteiger partial charge is 0.261 e. The number of hydrogen-bond donors (Lipinski definition) is 1. The van der Waals surface area contributed by atoms with E-state index < -0.39 is 0 Å².